The molecule has 4 aromatic rings. The fraction of sp³-hybridized carbons (Fsp3) is 0.422. The summed E-state index contributed by atoms with van der Waals surface area (Å²) in [6, 6.07) is 26.6. The van der Waals surface area contributed by atoms with Crippen molar-refractivity contribution in [2.45, 2.75) is 82.8 Å². The van der Waals surface area contributed by atoms with E-state index in [4.69, 9.17) is 14.2 Å². The first-order valence-corrected chi connectivity index (χ1v) is 18.9. The Labute approximate surface area is 313 Å². The number of carbonyl (C=O) groups excluding carboxylic acids is 2. The Balaban J connectivity index is 1.37. The summed E-state index contributed by atoms with van der Waals surface area (Å²) in [5.41, 5.74) is 2.09. The average Bonchev–Trinajstić information content (AvgIpc) is 3.41. The Kier molecular flexibility index (Phi) is 12.0. The molecule has 53 heavy (non-hydrogen) atoms. The largest absolute Gasteiger partial charge is 0.497 e. The smallest absolute Gasteiger partial charge is 0.415 e. The van der Waals surface area contributed by atoms with Gasteiger partial charge in [0.05, 0.1) is 25.4 Å². The number of ketones is 1. The number of amides is 1. The summed E-state index contributed by atoms with van der Waals surface area (Å²) in [6.07, 6.45) is 5.98. The van der Waals surface area contributed by atoms with Crippen molar-refractivity contribution in [1.29, 1.82) is 0 Å². The molecule has 3 aliphatic rings. The number of carbonyl (C=O) groups is 2. The Hall–Kier alpha value is -4.50. The van der Waals surface area contributed by atoms with Crippen LogP contribution in [0.2, 0.25) is 0 Å². The van der Waals surface area contributed by atoms with E-state index in [0.717, 1.165) is 28.3 Å². The van der Waals surface area contributed by atoms with Crippen LogP contribution in [0.4, 0.5) is 4.79 Å². The van der Waals surface area contributed by atoms with E-state index in [2.05, 4.69) is 19.9 Å². The first kappa shape index (κ1) is 38.2. The molecule has 2 bridgehead atoms. The summed E-state index contributed by atoms with van der Waals surface area (Å²) in [6.45, 7) is 5.10. The van der Waals surface area contributed by atoms with Gasteiger partial charge in [-0.05, 0) is 129 Å². The van der Waals surface area contributed by atoms with Crippen molar-refractivity contribution in [2.75, 3.05) is 33.9 Å². The highest BCUT2D eigenvalue weighted by atomic mass is 16.6. The second-order valence-electron chi connectivity index (χ2n) is 15.2. The van der Waals surface area contributed by atoms with Crippen molar-refractivity contribution in [2.24, 2.45) is 5.41 Å². The van der Waals surface area contributed by atoms with E-state index in [9.17, 15) is 19.8 Å². The number of aliphatic hydroxyl groups excluding tert-OH is 1. The monoisotopic (exact) mass is 719 g/mol. The number of ether oxygens (including phenoxy) is 3. The zero-order valence-corrected chi connectivity index (χ0v) is 31.5. The van der Waals surface area contributed by atoms with Crippen LogP contribution in [0, 0.1) is 5.41 Å². The molecule has 3 aliphatic carbocycles. The van der Waals surface area contributed by atoms with Gasteiger partial charge in [0, 0.05) is 36.8 Å². The fourth-order valence-electron chi connectivity index (χ4n) is 8.44. The van der Waals surface area contributed by atoms with Crippen LogP contribution in [0.1, 0.15) is 91.8 Å². The Bertz CT molecular complexity index is 1940. The minimum absolute atomic E-state index is 0.0743. The second kappa shape index (κ2) is 16.7. The van der Waals surface area contributed by atoms with Crippen LogP contribution in [-0.2, 0) is 11.2 Å². The molecular formula is C45H53NO7. The lowest BCUT2D eigenvalue weighted by molar-refractivity contribution is -0.0795. The standard InChI is InChI=1S/C45H53NO7/c1-31-9-7-23-44(2)41(39-21-13-32(27-36(47)17-12-31)28-40(39)42(48)34-15-18-37(52-4)19-16-34)22-24-45(44,50)30-46(25-8-26-51-3)43(49)53-38-20-14-33-10-5-6-11-35(33)29-38/h5-6,9-11,13-16,18-21,28-29,36,41,47,50H,7-8,12,17,22-27,30H2,1-4H3/t36-,41-,44-,45+/m0/s1. The number of nitrogens with zero attached hydrogens (tertiary/aromatic N) is 1. The number of rotatable bonds is 10. The fourth-order valence-corrected chi connectivity index (χ4v) is 8.44. The molecule has 280 valence electrons. The van der Waals surface area contributed by atoms with Gasteiger partial charge >= 0.3 is 6.09 Å². The van der Waals surface area contributed by atoms with Gasteiger partial charge in [-0.25, -0.2) is 4.79 Å². The van der Waals surface area contributed by atoms with Gasteiger partial charge in [0.15, 0.2) is 5.78 Å². The van der Waals surface area contributed by atoms with Gasteiger partial charge in [-0.2, -0.15) is 0 Å². The molecule has 0 radical (unpaired) electrons. The molecule has 7 rings (SSSR count). The molecule has 2 N–H and O–H groups in total. The summed E-state index contributed by atoms with van der Waals surface area (Å²) in [4.78, 5) is 30.0. The van der Waals surface area contributed by atoms with Crippen LogP contribution in [0.15, 0.2) is 96.6 Å². The van der Waals surface area contributed by atoms with Crippen LogP contribution in [0.25, 0.3) is 10.8 Å². The molecule has 0 heterocycles. The van der Waals surface area contributed by atoms with Gasteiger partial charge < -0.3 is 29.3 Å². The number of fused-ring (bicyclic) bond motifs is 9. The number of hydrogen-bond donors (Lipinski definition) is 2. The molecule has 0 saturated heterocycles. The average molecular weight is 720 g/mol. The van der Waals surface area contributed by atoms with Crippen molar-refractivity contribution in [3.63, 3.8) is 0 Å². The Morgan fingerprint density at radius 2 is 1.66 bits per heavy atom. The van der Waals surface area contributed by atoms with Gasteiger partial charge in [-0.1, -0.05) is 61.0 Å². The molecule has 0 spiro atoms. The normalized spacial score (nSPS) is 23.2. The lowest BCUT2D eigenvalue weighted by atomic mass is 9.64. The van der Waals surface area contributed by atoms with Gasteiger partial charge in [-0.15, -0.1) is 0 Å². The molecule has 4 aromatic carbocycles. The van der Waals surface area contributed by atoms with E-state index < -0.39 is 23.2 Å². The van der Waals surface area contributed by atoms with E-state index in [-0.39, 0.29) is 18.2 Å². The molecule has 1 saturated carbocycles. The molecular weight excluding hydrogens is 666 g/mol. The summed E-state index contributed by atoms with van der Waals surface area (Å²) in [7, 11) is 3.23. The number of allylic oxidation sites excluding steroid dienone is 2. The van der Waals surface area contributed by atoms with Gasteiger partial charge in [0.25, 0.3) is 0 Å². The van der Waals surface area contributed by atoms with Crippen LogP contribution < -0.4 is 9.47 Å². The van der Waals surface area contributed by atoms with Crippen molar-refractivity contribution >= 4 is 22.6 Å². The first-order valence-electron chi connectivity index (χ1n) is 18.9. The molecule has 0 unspecified atom stereocenters. The highest BCUT2D eigenvalue weighted by molar-refractivity contribution is 6.10. The predicted molar refractivity (Wildman–Crippen MR) is 208 cm³/mol. The maximum atomic E-state index is 14.4. The third-order valence-electron chi connectivity index (χ3n) is 11.7. The van der Waals surface area contributed by atoms with E-state index in [1.54, 1.807) is 49.5 Å². The highest BCUT2D eigenvalue weighted by Gasteiger charge is 2.57. The summed E-state index contributed by atoms with van der Waals surface area (Å²) in [5.74, 6) is 0.815. The SMILES string of the molecule is COCCCN(C[C@]1(O)CC[C@H]2c3ccc(cc3C(=O)c3ccc(OC)cc3)C[C@@H](O)CCC(C)=CCC[C@@]21C)C(=O)Oc1ccc2ccccc2c1. The van der Waals surface area contributed by atoms with Crippen molar-refractivity contribution < 1.29 is 34.0 Å². The first-order chi connectivity index (χ1) is 25.5. The highest BCUT2D eigenvalue weighted by Crippen LogP contribution is 2.59. The molecule has 1 fully saturated rings. The number of hydrogen-bond acceptors (Lipinski definition) is 7. The molecule has 4 atom stereocenters. The van der Waals surface area contributed by atoms with E-state index in [1.165, 1.54) is 5.57 Å². The molecule has 8 nitrogen and oxygen atoms in total. The topological polar surface area (TPSA) is 106 Å². The second-order valence-corrected chi connectivity index (χ2v) is 15.2. The van der Waals surface area contributed by atoms with Crippen molar-refractivity contribution in [3.8, 4) is 11.5 Å². The van der Waals surface area contributed by atoms with Crippen molar-refractivity contribution in [3.05, 3.63) is 119 Å². The van der Waals surface area contributed by atoms with E-state index >= 15 is 0 Å². The number of methoxy groups -OCH3 is 2. The van der Waals surface area contributed by atoms with E-state index in [0.29, 0.717) is 80.7 Å². The third-order valence-corrected chi connectivity index (χ3v) is 11.7. The summed E-state index contributed by atoms with van der Waals surface area (Å²) in [5, 5.41) is 25.9. The maximum absolute atomic E-state index is 14.4. The van der Waals surface area contributed by atoms with Crippen molar-refractivity contribution in [1.82, 2.24) is 4.90 Å². The maximum Gasteiger partial charge on any atom is 0.415 e. The van der Waals surface area contributed by atoms with E-state index in [1.807, 2.05) is 54.6 Å². The molecule has 8 heteroatoms. The minimum atomic E-state index is -1.29. The van der Waals surface area contributed by atoms with Crippen LogP contribution >= 0.6 is 0 Å². The predicted octanol–water partition coefficient (Wildman–Crippen LogP) is 8.66. The Morgan fingerprint density at radius 1 is 0.906 bits per heavy atom. The Morgan fingerprint density at radius 3 is 2.42 bits per heavy atom. The zero-order chi connectivity index (χ0) is 37.6. The van der Waals surface area contributed by atoms with Crippen LogP contribution in [0.3, 0.4) is 0 Å². The van der Waals surface area contributed by atoms with Crippen LogP contribution in [-0.4, -0.2) is 72.6 Å². The van der Waals surface area contributed by atoms with Gasteiger partial charge in [-0.3, -0.25) is 4.79 Å². The third kappa shape index (κ3) is 8.51. The lowest BCUT2D eigenvalue weighted by Gasteiger charge is -2.46. The number of aliphatic hydroxyl groups is 2. The lowest BCUT2D eigenvalue weighted by Crippen LogP contribution is -2.54. The summed E-state index contributed by atoms with van der Waals surface area (Å²) < 4.78 is 16.7. The number of benzene rings is 4. The molecule has 1 amide bonds. The zero-order valence-electron chi connectivity index (χ0n) is 31.5. The van der Waals surface area contributed by atoms with Crippen LogP contribution in [0.5, 0.6) is 11.5 Å². The minimum Gasteiger partial charge on any atom is -0.497 e. The van der Waals surface area contributed by atoms with Gasteiger partial charge in [0.1, 0.15) is 11.5 Å². The molecule has 0 aliphatic heterocycles. The summed E-state index contributed by atoms with van der Waals surface area (Å²) >= 11 is 0. The molecule has 0 aromatic heterocycles. The van der Waals surface area contributed by atoms with Gasteiger partial charge in [0.2, 0.25) is 0 Å². The quantitative estimate of drug-likeness (QED) is 0.0961.